The summed E-state index contributed by atoms with van der Waals surface area (Å²) in [5, 5.41) is 5.43. The van der Waals surface area contributed by atoms with Crippen LogP contribution in [0.1, 0.15) is 17.7 Å². The number of hydroxylamine groups is 1. The number of esters is 2. The third-order valence-electron chi connectivity index (χ3n) is 4.23. The zero-order chi connectivity index (χ0) is 18.2. The van der Waals surface area contributed by atoms with E-state index in [1.807, 2.05) is 32.2 Å². The van der Waals surface area contributed by atoms with Crippen LogP contribution in [0.3, 0.4) is 0 Å². The van der Waals surface area contributed by atoms with E-state index in [0.717, 1.165) is 22.2 Å². The Hall–Kier alpha value is -2.87. The van der Waals surface area contributed by atoms with E-state index < -0.39 is 17.5 Å². The lowest BCUT2D eigenvalue weighted by Crippen LogP contribution is -2.42. The van der Waals surface area contributed by atoms with E-state index in [1.165, 1.54) is 14.2 Å². The first-order valence-electron chi connectivity index (χ1n) is 7.66. The molecule has 0 saturated carbocycles. The van der Waals surface area contributed by atoms with Gasteiger partial charge in [0.2, 0.25) is 5.60 Å². The van der Waals surface area contributed by atoms with E-state index in [2.05, 4.69) is 15.3 Å². The van der Waals surface area contributed by atoms with Crippen LogP contribution in [0.4, 0.5) is 0 Å². The molecule has 1 unspecified atom stereocenters. The first-order chi connectivity index (χ1) is 11.9. The van der Waals surface area contributed by atoms with Crippen molar-refractivity contribution >= 4 is 28.5 Å². The molecule has 1 aromatic carbocycles. The number of carbonyl (C=O) groups excluding carboxylic acids is 2. The van der Waals surface area contributed by atoms with E-state index in [-0.39, 0.29) is 6.42 Å². The van der Waals surface area contributed by atoms with E-state index in [9.17, 15) is 9.59 Å². The lowest BCUT2D eigenvalue weighted by atomic mass is 9.97. The molecular weight excluding hydrogens is 326 g/mol. The molecule has 0 amide bonds. The number of nitrogens with one attached hydrogen (secondary N) is 1. The van der Waals surface area contributed by atoms with Gasteiger partial charge in [-0.15, -0.1) is 0 Å². The Morgan fingerprint density at radius 1 is 1.32 bits per heavy atom. The Kier molecular flexibility index (Phi) is 4.22. The van der Waals surface area contributed by atoms with Crippen molar-refractivity contribution in [2.24, 2.45) is 7.05 Å². The van der Waals surface area contributed by atoms with Gasteiger partial charge < -0.3 is 9.47 Å². The molecule has 132 valence electrons. The van der Waals surface area contributed by atoms with Crippen LogP contribution in [0.15, 0.2) is 24.3 Å². The molecular formula is C17H19N3O5. The minimum atomic E-state index is -1.56. The smallest absolute Gasteiger partial charge is 0.345 e. The van der Waals surface area contributed by atoms with Crippen LogP contribution in [0.5, 0.6) is 0 Å². The van der Waals surface area contributed by atoms with E-state index in [4.69, 9.17) is 9.57 Å². The van der Waals surface area contributed by atoms with Crippen LogP contribution in [-0.4, -0.2) is 41.5 Å². The maximum atomic E-state index is 12.2. The van der Waals surface area contributed by atoms with Gasteiger partial charge in [-0.2, -0.15) is 5.10 Å². The minimum Gasteiger partial charge on any atom is -0.469 e. The molecule has 0 fully saturated rings. The molecule has 1 aliphatic rings. The van der Waals surface area contributed by atoms with Gasteiger partial charge in [0.1, 0.15) is 0 Å². The average molecular weight is 345 g/mol. The monoisotopic (exact) mass is 345 g/mol. The zero-order valence-corrected chi connectivity index (χ0v) is 14.5. The highest BCUT2D eigenvalue weighted by molar-refractivity contribution is 5.92. The number of ether oxygens (including phenoxy) is 2. The fourth-order valence-corrected chi connectivity index (χ4v) is 2.91. The summed E-state index contributed by atoms with van der Waals surface area (Å²) in [6, 6.07) is 5.78. The largest absolute Gasteiger partial charge is 0.469 e. The summed E-state index contributed by atoms with van der Waals surface area (Å²) < 4.78 is 11.2. The van der Waals surface area contributed by atoms with E-state index in [0.29, 0.717) is 5.70 Å². The third-order valence-corrected chi connectivity index (χ3v) is 4.23. The van der Waals surface area contributed by atoms with Crippen molar-refractivity contribution in [2.45, 2.75) is 18.9 Å². The van der Waals surface area contributed by atoms with Gasteiger partial charge in [0.05, 0.1) is 37.5 Å². The average Bonchev–Trinajstić information content (AvgIpc) is 3.16. The Morgan fingerprint density at radius 3 is 2.76 bits per heavy atom. The number of hydrogen-bond acceptors (Lipinski definition) is 7. The molecule has 2 heterocycles. The number of aryl methyl sites for hydroxylation is 2. The standard InChI is InChI=1S/C17H19N3O5/c1-10-12-6-5-11(7-14(12)20(2)18-10)13-8-17(25-19-13,16(22)24-4)9-15(21)23-3/h5-8,19H,9H2,1-4H3. The second kappa shape index (κ2) is 6.21. The maximum Gasteiger partial charge on any atom is 0.345 e. The van der Waals surface area contributed by atoms with Gasteiger partial charge >= 0.3 is 11.9 Å². The fourth-order valence-electron chi connectivity index (χ4n) is 2.91. The van der Waals surface area contributed by atoms with Crippen molar-refractivity contribution < 1.29 is 23.9 Å². The summed E-state index contributed by atoms with van der Waals surface area (Å²) in [5.41, 5.74) is 4.40. The summed E-state index contributed by atoms with van der Waals surface area (Å²) in [5.74, 6) is -1.26. The molecule has 8 heteroatoms. The quantitative estimate of drug-likeness (QED) is 0.833. The molecule has 2 aromatic rings. The predicted molar refractivity (Wildman–Crippen MR) is 89.0 cm³/mol. The van der Waals surface area contributed by atoms with Crippen LogP contribution >= 0.6 is 0 Å². The van der Waals surface area contributed by atoms with Crippen molar-refractivity contribution in [1.82, 2.24) is 15.3 Å². The van der Waals surface area contributed by atoms with Crippen molar-refractivity contribution in [1.29, 1.82) is 0 Å². The van der Waals surface area contributed by atoms with Gasteiger partial charge in [0.25, 0.3) is 0 Å². The second-order valence-electron chi connectivity index (χ2n) is 5.84. The highest BCUT2D eigenvalue weighted by Crippen LogP contribution is 2.32. The Morgan fingerprint density at radius 2 is 2.08 bits per heavy atom. The lowest BCUT2D eigenvalue weighted by molar-refractivity contribution is -0.172. The molecule has 0 aliphatic carbocycles. The van der Waals surface area contributed by atoms with Gasteiger partial charge in [-0.05, 0) is 19.1 Å². The van der Waals surface area contributed by atoms with Gasteiger partial charge in [-0.3, -0.25) is 19.8 Å². The van der Waals surface area contributed by atoms with Crippen LogP contribution in [-0.2, 0) is 30.9 Å². The number of methoxy groups -OCH3 is 2. The first-order valence-corrected chi connectivity index (χ1v) is 7.66. The number of rotatable bonds is 4. The number of hydrogen-bond donors (Lipinski definition) is 1. The Bertz CT molecular complexity index is 886. The summed E-state index contributed by atoms with van der Waals surface area (Å²) in [6.45, 7) is 1.94. The SMILES string of the molecule is COC(=O)CC1(C(=O)OC)C=C(c2ccc3c(C)nn(C)c3c2)NO1. The van der Waals surface area contributed by atoms with E-state index in [1.54, 1.807) is 10.8 Å². The fraction of sp³-hybridized carbons (Fsp3) is 0.353. The number of aromatic nitrogens is 2. The lowest BCUT2D eigenvalue weighted by Gasteiger charge is -2.20. The zero-order valence-electron chi connectivity index (χ0n) is 14.5. The topological polar surface area (TPSA) is 91.7 Å². The third kappa shape index (κ3) is 2.85. The number of fused-ring (bicyclic) bond motifs is 1. The number of nitrogens with zero attached hydrogens (tertiary/aromatic N) is 2. The Labute approximate surface area is 144 Å². The molecule has 0 saturated heterocycles. The van der Waals surface area contributed by atoms with Crippen LogP contribution < -0.4 is 5.48 Å². The maximum absolute atomic E-state index is 12.2. The van der Waals surface area contributed by atoms with Crippen molar-refractivity contribution in [3.63, 3.8) is 0 Å². The van der Waals surface area contributed by atoms with Gasteiger partial charge in [-0.25, -0.2) is 4.79 Å². The van der Waals surface area contributed by atoms with Crippen LogP contribution in [0.2, 0.25) is 0 Å². The minimum absolute atomic E-state index is 0.292. The van der Waals surface area contributed by atoms with E-state index >= 15 is 0 Å². The van der Waals surface area contributed by atoms with Crippen molar-refractivity contribution in [3.05, 3.63) is 35.5 Å². The van der Waals surface area contributed by atoms with Crippen molar-refractivity contribution in [3.8, 4) is 0 Å². The molecule has 1 aromatic heterocycles. The molecule has 0 spiro atoms. The molecule has 25 heavy (non-hydrogen) atoms. The van der Waals surface area contributed by atoms with Gasteiger partial charge in [-0.1, -0.05) is 12.1 Å². The molecule has 1 atom stereocenters. The number of carbonyl (C=O) groups is 2. The summed E-state index contributed by atoms with van der Waals surface area (Å²) in [7, 11) is 4.35. The molecule has 0 bridgehead atoms. The summed E-state index contributed by atoms with van der Waals surface area (Å²) in [4.78, 5) is 29.3. The molecule has 1 N–H and O–H groups in total. The first kappa shape index (κ1) is 17.0. The Balaban J connectivity index is 2.02. The molecule has 8 nitrogen and oxygen atoms in total. The summed E-state index contributed by atoms with van der Waals surface area (Å²) >= 11 is 0. The predicted octanol–water partition coefficient (Wildman–Crippen LogP) is 1.23. The highest BCUT2D eigenvalue weighted by atomic mass is 16.7. The highest BCUT2D eigenvalue weighted by Gasteiger charge is 2.46. The molecule has 3 rings (SSSR count). The second-order valence-corrected chi connectivity index (χ2v) is 5.84. The number of benzene rings is 1. The molecule has 1 aliphatic heterocycles. The van der Waals surface area contributed by atoms with Gasteiger partial charge in [0.15, 0.2) is 0 Å². The van der Waals surface area contributed by atoms with Gasteiger partial charge in [0, 0.05) is 18.0 Å². The molecule has 0 radical (unpaired) electrons. The van der Waals surface area contributed by atoms with Crippen LogP contribution in [0.25, 0.3) is 16.6 Å². The van der Waals surface area contributed by atoms with Crippen molar-refractivity contribution in [2.75, 3.05) is 14.2 Å². The summed E-state index contributed by atoms with van der Waals surface area (Å²) in [6.07, 6.45) is 1.25. The van der Waals surface area contributed by atoms with Crippen LogP contribution in [0, 0.1) is 6.92 Å². The normalized spacial score (nSPS) is 19.4.